The largest absolute Gasteiger partial charge is 0.489 e. The summed E-state index contributed by atoms with van der Waals surface area (Å²) in [4.78, 5) is 11.6. The van der Waals surface area contributed by atoms with Crippen molar-refractivity contribution in [2.24, 2.45) is 0 Å². The molecule has 0 radical (unpaired) electrons. The molecule has 27 heavy (non-hydrogen) atoms. The first kappa shape index (κ1) is 19.7. The van der Waals surface area contributed by atoms with Gasteiger partial charge in [-0.25, -0.2) is 0 Å². The Morgan fingerprint density at radius 3 is 2.81 bits per heavy atom. The van der Waals surface area contributed by atoms with Crippen LogP contribution >= 0.6 is 22.6 Å². The molecule has 0 saturated carbocycles. The highest BCUT2D eigenvalue weighted by molar-refractivity contribution is 14.1. The van der Waals surface area contributed by atoms with Crippen molar-refractivity contribution in [3.63, 3.8) is 0 Å². The van der Waals surface area contributed by atoms with Crippen LogP contribution in [0.25, 0.3) is 11.0 Å². The van der Waals surface area contributed by atoms with E-state index in [0.29, 0.717) is 31.8 Å². The zero-order valence-corrected chi connectivity index (χ0v) is 17.2. The van der Waals surface area contributed by atoms with Crippen molar-refractivity contribution in [3.8, 4) is 5.75 Å². The zero-order chi connectivity index (χ0) is 19.2. The van der Waals surface area contributed by atoms with Gasteiger partial charge in [0, 0.05) is 11.8 Å². The third-order valence-corrected chi connectivity index (χ3v) is 4.91. The summed E-state index contributed by atoms with van der Waals surface area (Å²) in [6.07, 6.45) is 0.907. The second-order valence-electron chi connectivity index (χ2n) is 6.07. The highest BCUT2D eigenvalue weighted by Gasteiger charge is 2.11. The maximum Gasteiger partial charge on any atom is 0.306 e. The molecule has 1 N–H and O–H groups in total. The minimum atomic E-state index is -0.202. The summed E-state index contributed by atoms with van der Waals surface area (Å²) in [5.41, 5.74) is 2.77. The van der Waals surface area contributed by atoms with Crippen molar-refractivity contribution in [1.82, 2.24) is 0 Å². The SMILES string of the molecule is CCOC(=O)CCc1ccccc1OCc1cc(I)c2oc(CO)cc2c1. The molecule has 2 aromatic carbocycles. The lowest BCUT2D eigenvalue weighted by atomic mass is 10.1. The van der Waals surface area contributed by atoms with Crippen molar-refractivity contribution >= 4 is 39.5 Å². The lowest BCUT2D eigenvalue weighted by molar-refractivity contribution is -0.143. The molecule has 0 fully saturated rings. The number of carbonyl (C=O) groups is 1. The first-order valence-electron chi connectivity index (χ1n) is 8.78. The number of aliphatic hydroxyl groups is 1. The van der Waals surface area contributed by atoms with Crippen molar-refractivity contribution in [3.05, 3.63) is 62.9 Å². The average Bonchev–Trinajstić information content (AvgIpc) is 3.09. The molecule has 0 amide bonds. The van der Waals surface area contributed by atoms with E-state index in [-0.39, 0.29) is 12.6 Å². The van der Waals surface area contributed by atoms with Gasteiger partial charge < -0.3 is 19.0 Å². The third kappa shape index (κ3) is 5.01. The van der Waals surface area contributed by atoms with Crippen LogP contribution in [0.4, 0.5) is 0 Å². The maximum absolute atomic E-state index is 11.6. The predicted octanol–water partition coefficient (Wildman–Crippen LogP) is 4.60. The van der Waals surface area contributed by atoms with Crippen LogP contribution < -0.4 is 4.74 Å². The van der Waals surface area contributed by atoms with Gasteiger partial charge in [-0.05, 0) is 71.3 Å². The Morgan fingerprint density at radius 2 is 2.04 bits per heavy atom. The Labute approximate surface area is 171 Å². The number of para-hydroxylation sites is 1. The molecule has 3 rings (SSSR count). The van der Waals surface area contributed by atoms with Gasteiger partial charge in [0.25, 0.3) is 0 Å². The monoisotopic (exact) mass is 480 g/mol. The highest BCUT2D eigenvalue weighted by atomic mass is 127. The molecule has 0 aliphatic carbocycles. The summed E-state index contributed by atoms with van der Waals surface area (Å²) in [6, 6.07) is 13.6. The van der Waals surface area contributed by atoms with Gasteiger partial charge in [0.15, 0.2) is 0 Å². The number of furan rings is 1. The summed E-state index contributed by atoms with van der Waals surface area (Å²) >= 11 is 2.22. The smallest absolute Gasteiger partial charge is 0.306 e. The first-order valence-corrected chi connectivity index (χ1v) is 9.86. The molecular weight excluding hydrogens is 459 g/mol. The Balaban J connectivity index is 1.71. The Bertz CT molecular complexity index is 931. The Kier molecular flexibility index (Phi) is 6.73. The number of hydrogen-bond donors (Lipinski definition) is 1. The van der Waals surface area contributed by atoms with Crippen molar-refractivity contribution in [1.29, 1.82) is 0 Å². The van der Waals surface area contributed by atoms with Crippen LogP contribution in [0.15, 0.2) is 46.9 Å². The van der Waals surface area contributed by atoms with Gasteiger partial charge in [0.1, 0.15) is 30.3 Å². The van der Waals surface area contributed by atoms with Crippen LogP contribution in [-0.2, 0) is 29.2 Å². The normalized spacial score (nSPS) is 10.9. The van der Waals surface area contributed by atoms with Crippen LogP contribution in [0.1, 0.15) is 30.2 Å². The molecule has 0 saturated heterocycles. The molecule has 142 valence electrons. The van der Waals surface area contributed by atoms with Gasteiger partial charge in [0.05, 0.1) is 10.2 Å². The number of halogens is 1. The molecule has 5 nitrogen and oxygen atoms in total. The number of hydrogen-bond acceptors (Lipinski definition) is 5. The van der Waals surface area contributed by atoms with Crippen LogP contribution in [0.3, 0.4) is 0 Å². The molecule has 0 aliphatic heterocycles. The number of esters is 1. The molecule has 1 heterocycles. The topological polar surface area (TPSA) is 68.9 Å². The van der Waals surface area contributed by atoms with E-state index in [2.05, 4.69) is 22.6 Å². The second kappa shape index (κ2) is 9.23. The molecule has 0 unspecified atom stereocenters. The zero-order valence-electron chi connectivity index (χ0n) is 15.0. The van der Waals surface area contributed by atoms with E-state index in [1.54, 1.807) is 6.92 Å². The van der Waals surface area contributed by atoms with E-state index in [1.165, 1.54) is 0 Å². The quantitative estimate of drug-likeness (QED) is 0.377. The second-order valence-corrected chi connectivity index (χ2v) is 7.23. The van der Waals surface area contributed by atoms with Crippen LogP contribution in [0.5, 0.6) is 5.75 Å². The van der Waals surface area contributed by atoms with Crippen molar-refractivity contribution < 1.29 is 23.8 Å². The number of carbonyl (C=O) groups excluding carboxylic acids is 1. The summed E-state index contributed by atoms with van der Waals surface area (Å²) in [5, 5.41) is 10.2. The van der Waals surface area contributed by atoms with Crippen LogP contribution in [0.2, 0.25) is 0 Å². The fraction of sp³-hybridized carbons (Fsp3) is 0.286. The van der Waals surface area contributed by atoms with Crippen molar-refractivity contribution in [2.75, 3.05) is 6.61 Å². The summed E-state index contributed by atoms with van der Waals surface area (Å²) < 4.78 is 17.6. The minimum Gasteiger partial charge on any atom is -0.489 e. The molecule has 1 aromatic heterocycles. The molecule has 0 spiro atoms. The fourth-order valence-corrected chi connectivity index (χ4v) is 3.69. The average molecular weight is 480 g/mol. The van der Waals surface area contributed by atoms with E-state index >= 15 is 0 Å². The number of rotatable bonds is 8. The summed E-state index contributed by atoms with van der Waals surface area (Å²) in [5.74, 6) is 1.11. The van der Waals surface area contributed by atoms with E-state index < -0.39 is 0 Å². The van der Waals surface area contributed by atoms with E-state index in [4.69, 9.17) is 13.9 Å². The van der Waals surface area contributed by atoms with Gasteiger partial charge in [-0.1, -0.05) is 18.2 Å². The lowest BCUT2D eigenvalue weighted by Crippen LogP contribution is -2.06. The minimum absolute atomic E-state index is 0.121. The number of ether oxygens (including phenoxy) is 2. The van der Waals surface area contributed by atoms with Gasteiger partial charge >= 0.3 is 5.97 Å². The van der Waals surface area contributed by atoms with E-state index in [1.807, 2.05) is 42.5 Å². The molecule has 3 aromatic rings. The summed E-state index contributed by atoms with van der Waals surface area (Å²) in [6.45, 7) is 2.48. The van der Waals surface area contributed by atoms with Crippen LogP contribution in [-0.4, -0.2) is 17.7 Å². The number of fused-ring (bicyclic) bond motifs is 1. The maximum atomic E-state index is 11.6. The molecular formula is C21H21IO5. The molecule has 0 atom stereocenters. The molecule has 6 heteroatoms. The Hall–Kier alpha value is -2.06. The third-order valence-electron chi connectivity index (χ3n) is 4.11. The van der Waals surface area contributed by atoms with Crippen molar-refractivity contribution in [2.45, 2.75) is 33.0 Å². The Morgan fingerprint density at radius 1 is 1.22 bits per heavy atom. The molecule has 0 aliphatic rings. The van der Waals surface area contributed by atoms with Crippen LogP contribution in [0, 0.1) is 3.57 Å². The summed E-state index contributed by atoms with van der Waals surface area (Å²) in [7, 11) is 0. The molecule has 0 bridgehead atoms. The lowest BCUT2D eigenvalue weighted by Gasteiger charge is -2.12. The number of benzene rings is 2. The number of aryl methyl sites for hydroxylation is 1. The van der Waals surface area contributed by atoms with Gasteiger partial charge in [-0.15, -0.1) is 0 Å². The number of aliphatic hydroxyl groups excluding tert-OH is 1. The van der Waals surface area contributed by atoms with E-state index in [0.717, 1.165) is 31.4 Å². The van der Waals surface area contributed by atoms with E-state index in [9.17, 15) is 9.90 Å². The fourth-order valence-electron chi connectivity index (χ4n) is 2.87. The van der Waals surface area contributed by atoms with Gasteiger partial charge in [-0.3, -0.25) is 4.79 Å². The highest BCUT2D eigenvalue weighted by Crippen LogP contribution is 2.28. The van der Waals surface area contributed by atoms with Gasteiger partial charge in [-0.2, -0.15) is 0 Å². The first-order chi connectivity index (χ1) is 13.1. The van der Waals surface area contributed by atoms with Gasteiger partial charge in [0.2, 0.25) is 0 Å². The standard InChI is InChI=1S/C21H21IO5/c1-2-25-20(24)8-7-15-5-3-4-6-19(15)26-13-14-9-16-11-17(12-23)27-21(16)18(22)10-14/h3-6,9-11,23H,2,7-8,12-13H2,1H3. The predicted molar refractivity (Wildman–Crippen MR) is 111 cm³/mol.